The highest BCUT2D eigenvalue weighted by atomic mass is 35.5. The number of nitrogens with zero attached hydrogens (tertiary/aromatic N) is 5. The van der Waals surface area contributed by atoms with Gasteiger partial charge in [0.1, 0.15) is 42.2 Å². The number of carbonyl (C=O) groups is 10. The highest BCUT2D eigenvalue weighted by molar-refractivity contribution is 7.16. The first-order chi connectivity index (χ1) is 56.7. The second-order valence-electron chi connectivity index (χ2n) is 28.9. The molecule has 6 aromatic rings. The number of nitrogens with one attached hydrogen (secondary N) is 4. The lowest BCUT2D eigenvalue weighted by molar-refractivity contribution is -0.277. The third kappa shape index (κ3) is 22.6. The number of carboxylic acid groups (broad SMARTS) is 2. The number of hydrogen-bond acceptors (Lipinski definition) is 23. The molecule has 5 aromatic carbocycles. The number of hydrogen-bond donors (Lipinski definition) is 11. The van der Waals surface area contributed by atoms with E-state index in [4.69, 9.17) is 66.8 Å². The first-order valence-electron chi connectivity index (χ1n) is 38.6. The number of aliphatic hydroxyl groups excluding tert-OH is 4. The molecule has 0 spiro atoms. The normalized spacial score (nSPS) is 19.2. The first kappa shape index (κ1) is 90.6. The molecule has 638 valence electrons. The van der Waals surface area contributed by atoms with Crippen molar-refractivity contribution < 1.29 is 116 Å². The van der Waals surface area contributed by atoms with Gasteiger partial charge < -0.3 is 115 Å². The third-order valence-corrected chi connectivity index (χ3v) is 22.5. The Hall–Kier alpha value is -9.70. The Kier molecular flexibility index (Phi) is 33.3. The maximum absolute atomic E-state index is 15.3. The second-order valence-corrected chi connectivity index (χ2v) is 30.6. The van der Waals surface area contributed by atoms with Gasteiger partial charge in [0.05, 0.1) is 120 Å². The standard InChI is InChI=1S/C81H100Cl2N10O24S/c1-46(2)69(88-64(95)23-26-110-28-30-112-32-34-114-36-37-115-35-33-113-31-29-111-27-25-91-65(96)21-22-66(91)97)75(102)87-56(14-9-24-85-79(84)105)74(101)86-50-17-15-47(16-18-50)38-59(89(3)80(106)107)70(90(4)81(108)109)55-39-57-67(53-12-7-5-10-51(53)55)48(41-82)43-92(57)76(103)62-19-20-63(118-62)77(104)93-44-49(42-83)68-54-13-8-6-11-52(54)60(40-58(68)93)116-78-73(100)72(99)71(98)61(45-94)117-78/h5-8,10-13,15-22,39-40,46,48-49,56,59,61,69-73,78,94,98-100H,9,14,23-38,41-45H2,1-4H3,(H,86,101)(H,87,102)(H,88,95)(H,106,107)(H,108,109)(H3,84,85,105)/t48?,49-,56+,59?,61-,69+,70?,71+,72+,73-,78-/m1/s1. The number of halogens is 2. The second kappa shape index (κ2) is 43.3. The van der Waals surface area contributed by atoms with Crippen LogP contribution >= 0.6 is 34.5 Å². The fourth-order valence-electron chi connectivity index (χ4n) is 14.6. The molecule has 10 rings (SSSR count). The van der Waals surface area contributed by atoms with Gasteiger partial charge in [0.15, 0.2) is 0 Å². The van der Waals surface area contributed by atoms with Gasteiger partial charge in [-0.1, -0.05) is 74.5 Å². The SMILES string of the molecule is CC(C)[C@H](NC(=O)CCOCCOCCOCCOCCOCCOCCN1C(=O)C=CC1=O)C(=O)N[C@@H](CCCNC(N)=O)C(=O)Nc1ccc(CC(C(c2cc3c(c4ccccc24)C(CCl)CN3C(=O)c2ccc(C(=O)N3C[C@@H](CCl)c4c3cc(O[C@@H]3O[C@H](CO)[C@H](O)[C@H](O)[C@H]3O)c3ccccc43)s2)N(C)C(=O)O)N(C)C(=O)O)cc1. The van der Waals surface area contributed by atoms with Crippen LogP contribution in [0.1, 0.15) is 92.6 Å². The van der Waals surface area contributed by atoms with Crippen molar-refractivity contribution in [2.75, 3.05) is 153 Å². The number of primary amides is 1. The molecule has 11 amide bonds. The summed E-state index contributed by atoms with van der Waals surface area (Å²) in [7, 11) is 2.64. The Morgan fingerprint density at radius 1 is 0.627 bits per heavy atom. The largest absolute Gasteiger partial charge is 0.465 e. The van der Waals surface area contributed by atoms with Crippen molar-refractivity contribution in [1.29, 1.82) is 0 Å². The molecule has 34 nitrogen and oxygen atoms in total. The van der Waals surface area contributed by atoms with E-state index in [9.17, 15) is 73.8 Å². The number of thiophene rings is 1. The molecule has 11 atom stereocenters. The Labute approximate surface area is 694 Å². The molecule has 5 heterocycles. The highest BCUT2D eigenvalue weighted by Gasteiger charge is 2.47. The van der Waals surface area contributed by atoms with Gasteiger partial charge in [-0.25, -0.2) is 14.4 Å². The number of alkyl halides is 2. The predicted octanol–water partition coefficient (Wildman–Crippen LogP) is 5.50. The Morgan fingerprint density at radius 2 is 1.14 bits per heavy atom. The smallest absolute Gasteiger partial charge is 0.407 e. The molecule has 0 bridgehead atoms. The minimum Gasteiger partial charge on any atom is -0.465 e. The van der Waals surface area contributed by atoms with E-state index in [2.05, 4.69) is 21.3 Å². The molecule has 118 heavy (non-hydrogen) atoms. The van der Waals surface area contributed by atoms with Crippen LogP contribution in [0.2, 0.25) is 0 Å². The number of urea groups is 1. The number of likely N-dealkylation sites (N-methyl/N-ethyl adjacent to an activating group) is 2. The monoisotopic (exact) mass is 1700 g/mol. The summed E-state index contributed by atoms with van der Waals surface area (Å²) >= 11 is 14.4. The molecular formula is C81H100Cl2N10O24S. The topological polar surface area (TPSA) is 456 Å². The average molecular weight is 1700 g/mol. The van der Waals surface area contributed by atoms with Crippen LogP contribution in [0, 0.1) is 5.92 Å². The van der Waals surface area contributed by atoms with Crippen molar-refractivity contribution in [1.82, 2.24) is 30.7 Å². The summed E-state index contributed by atoms with van der Waals surface area (Å²) in [5.74, 6) is -4.52. The molecule has 4 aliphatic rings. The zero-order valence-electron chi connectivity index (χ0n) is 65.6. The van der Waals surface area contributed by atoms with E-state index in [-0.39, 0.29) is 136 Å². The van der Waals surface area contributed by atoms with Crippen LogP contribution in [0.15, 0.2) is 109 Å². The maximum Gasteiger partial charge on any atom is 0.407 e. The van der Waals surface area contributed by atoms with Crippen LogP contribution in [0.3, 0.4) is 0 Å². The van der Waals surface area contributed by atoms with Gasteiger partial charge in [-0.05, 0) is 93.9 Å². The molecule has 1 saturated heterocycles. The lowest BCUT2D eigenvalue weighted by Crippen LogP contribution is -2.60. The number of anilines is 3. The van der Waals surface area contributed by atoms with E-state index < -0.39 is 121 Å². The summed E-state index contributed by atoms with van der Waals surface area (Å²) in [5, 5.41) is 77.1. The van der Waals surface area contributed by atoms with Crippen molar-refractivity contribution in [3.63, 3.8) is 0 Å². The fraction of sp³-hybridized carbons (Fsp3) is 0.481. The first-order valence-corrected chi connectivity index (χ1v) is 40.5. The zero-order valence-corrected chi connectivity index (χ0v) is 67.9. The number of carbonyl (C=O) groups excluding carboxylic acids is 8. The fourth-order valence-corrected chi connectivity index (χ4v) is 16.0. The maximum atomic E-state index is 15.3. The van der Waals surface area contributed by atoms with Gasteiger partial charge >= 0.3 is 18.2 Å². The molecular weight excluding hydrogens is 1600 g/mol. The molecule has 0 saturated carbocycles. The van der Waals surface area contributed by atoms with Crippen LogP contribution in [-0.4, -0.2) is 292 Å². The Bertz CT molecular complexity index is 4540. The molecule has 3 unspecified atom stereocenters. The minimum atomic E-state index is -1.74. The van der Waals surface area contributed by atoms with Gasteiger partial charge in [-0.3, -0.25) is 38.5 Å². The van der Waals surface area contributed by atoms with E-state index in [1.54, 1.807) is 86.6 Å². The molecule has 0 aliphatic carbocycles. The van der Waals surface area contributed by atoms with Gasteiger partial charge in [0, 0.05) is 98.7 Å². The number of benzene rings is 5. The van der Waals surface area contributed by atoms with Crippen molar-refractivity contribution in [3.8, 4) is 5.75 Å². The summed E-state index contributed by atoms with van der Waals surface area (Å²) in [6.07, 6.45) is -8.30. The van der Waals surface area contributed by atoms with Gasteiger partial charge in [-0.2, -0.15) is 0 Å². The van der Waals surface area contributed by atoms with Crippen LogP contribution in [0.4, 0.5) is 31.4 Å². The summed E-state index contributed by atoms with van der Waals surface area (Å²) in [6, 6.07) is 21.5. The van der Waals surface area contributed by atoms with E-state index >= 15 is 4.79 Å². The predicted molar refractivity (Wildman–Crippen MR) is 435 cm³/mol. The molecule has 37 heteroatoms. The van der Waals surface area contributed by atoms with Crippen molar-refractivity contribution in [2.24, 2.45) is 11.7 Å². The van der Waals surface area contributed by atoms with Gasteiger partial charge in [-0.15, -0.1) is 34.5 Å². The van der Waals surface area contributed by atoms with Crippen LogP contribution in [-0.2, 0) is 63.6 Å². The number of nitrogens with two attached hydrogens (primary N) is 1. The Morgan fingerprint density at radius 3 is 1.65 bits per heavy atom. The highest BCUT2D eigenvalue weighted by Crippen LogP contribution is 2.49. The van der Waals surface area contributed by atoms with Crippen LogP contribution in [0.25, 0.3) is 21.5 Å². The lowest BCUT2D eigenvalue weighted by Gasteiger charge is -2.39. The van der Waals surface area contributed by atoms with E-state index in [1.807, 2.05) is 12.1 Å². The van der Waals surface area contributed by atoms with Crippen LogP contribution in [0.5, 0.6) is 5.75 Å². The van der Waals surface area contributed by atoms with Crippen molar-refractivity contribution in [2.45, 2.75) is 106 Å². The van der Waals surface area contributed by atoms with Gasteiger partial charge in [0.25, 0.3) is 23.6 Å². The zero-order chi connectivity index (χ0) is 84.9. The lowest BCUT2D eigenvalue weighted by atomic mass is 9.85. The Balaban J connectivity index is 0.765. The minimum absolute atomic E-state index is 0.0100. The summed E-state index contributed by atoms with van der Waals surface area (Å²) in [6.45, 7) is 6.36. The van der Waals surface area contributed by atoms with Crippen molar-refractivity contribution in [3.05, 3.63) is 141 Å². The third-order valence-electron chi connectivity index (χ3n) is 20.7. The van der Waals surface area contributed by atoms with E-state index in [1.165, 1.54) is 48.2 Å². The number of fused-ring (bicyclic) bond motifs is 6. The van der Waals surface area contributed by atoms with Crippen molar-refractivity contribution >= 4 is 133 Å². The number of aliphatic hydroxyl groups is 4. The van der Waals surface area contributed by atoms with Crippen LogP contribution < -0.4 is 41.5 Å². The molecule has 1 fully saturated rings. The molecule has 4 aliphatic heterocycles. The number of rotatable bonds is 44. The quantitative estimate of drug-likeness (QED) is 0.0128. The molecule has 12 N–H and O–H groups in total. The average Bonchev–Trinajstić information content (AvgIpc) is 1.54. The summed E-state index contributed by atoms with van der Waals surface area (Å²) < 4.78 is 45.0. The number of ether oxygens (including phenoxy) is 8. The molecule has 0 radical (unpaired) electrons. The number of imide groups is 1. The molecule has 1 aromatic heterocycles. The summed E-state index contributed by atoms with van der Waals surface area (Å²) in [4.78, 5) is 140. The van der Waals surface area contributed by atoms with E-state index in [0.29, 0.717) is 95.9 Å². The van der Waals surface area contributed by atoms with Gasteiger partial charge in [0.2, 0.25) is 24.0 Å². The number of amides is 11. The van der Waals surface area contributed by atoms with E-state index in [0.717, 1.165) is 31.6 Å². The summed E-state index contributed by atoms with van der Waals surface area (Å²) in [5.41, 5.74) is 8.61.